The zero-order valence-electron chi connectivity index (χ0n) is 17.4. The summed E-state index contributed by atoms with van der Waals surface area (Å²) in [6, 6.07) is 9.55. The predicted molar refractivity (Wildman–Crippen MR) is 115 cm³/mol. The summed E-state index contributed by atoms with van der Waals surface area (Å²) in [6.45, 7) is 3.11. The Morgan fingerprint density at radius 2 is 1.83 bits per heavy atom. The lowest BCUT2D eigenvalue weighted by Crippen LogP contribution is -2.39. The summed E-state index contributed by atoms with van der Waals surface area (Å²) in [4.78, 5) is 20.3. The maximum absolute atomic E-state index is 12.0. The number of carbonyl (C=O) groups excluding carboxylic acids is 1. The Balaban J connectivity index is 1.71. The van der Waals surface area contributed by atoms with Crippen molar-refractivity contribution in [2.24, 2.45) is 4.99 Å². The van der Waals surface area contributed by atoms with E-state index in [-0.39, 0.29) is 5.91 Å². The number of benzene rings is 1. The molecule has 1 heterocycles. The normalized spacial score (nSPS) is 11.0. The van der Waals surface area contributed by atoms with Gasteiger partial charge in [-0.15, -0.1) is 0 Å². The molecule has 0 atom stereocenters. The van der Waals surface area contributed by atoms with E-state index in [1.807, 2.05) is 31.2 Å². The van der Waals surface area contributed by atoms with Crippen LogP contribution in [-0.2, 0) is 11.2 Å². The molecule has 8 nitrogen and oxygen atoms in total. The minimum absolute atomic E-state index is 0.102. The molecule has 1 amide bonds. The molecule has 0 saturated heterocycles. The number of amides is 1. The number of anilines is 1. The fourth-order valence-electron chi connectivity index (χ4n) is 2.62. The lowest BCUT2D eigenvalue weighted by molar-refractivity contribution is -0.116. The van der Waals surface area contributed by atoms with Crippen molar-refractivity contribution in [1.82, 2.24) is 15.6 Å². The van der Waals surface area contributed by atoms with Crippen LogP contribution in [0.1, 0.15) is 17.5 Å². The maximum atomic E-state index is 12.0. The number of guanidine groups is 1. The molecule has 0 fully saturated rings. The van der Waals surface area contributed by atoms with Crippen LogP contribution in [0, 0.1) is 6.92 Å². The molecule has 0 radical (unpaired) electrons. The van der Waals surface area contributed by atoms with E-state index in [2.05, 4.69) is 25.9 Å². The molecular weight excluding hydrogens is 370 g/mol. The fraction of sp³-hybridized carbons (Fsp3) is 0.381. The second kappa shape index (κ2) is 11.5. The molecule has 8 heteroatoms. The highest BCUT2D eigenvalue weighted by atomic mass is 16.5. The molecule has 0 aliphatic carbocycles. The summed E-state index contributed by atoms with van der Waals surface area (Å²) in [6.07, 6.45) is 2.82. The number of nitrogens with one attached hydrogen (secondary N) is 3. The minimum Gasteiger partial charge on any atom is -0.493 e. The number of nitrogens with zero attached hydrogens (tertiary/aromatic N) is 2. The van der Waals surface area contributed by atoms with Crippen molar-refractivity contribution in [3.8, 4) is 11.5 Å². The zero-order chi connectivity index (χ0) is 21.1. The van der Waals surface area contributed by atoms with E-state index in [1.165, 1.54) is 0 Å². The molecule has 0 bridgehead atoms. The van der Waals surface area contributed by atoms with E-state index in [1.54, 1.807) is 33.5 Å². The standard InChI is InChI=1S/C21H29N5O3/c1-15-5-8-19(25-14-15)26-20(27)10-12-24-21(22-2)23-11-9-16-6-7-17(28-3)18(13-16)29-4/h5-8,13-14H,9-12H2,1-4H3,(H2,22,23,24)(H,25,26,27). The first-order valence-electron chi connectivity index (χ1n) is 9.43. The van der Waals surface area contributed by atoms with E-state index in [4.69, 9.17) is 9.47 Å². The van der Waals surface area contributed by atoms with E-state index in [9.17, 15) is 4.79 Å². The number of methoxy groups -OCH3 is 2. The second-order valence-electron chi connectivity index (χ2n) is 6.38. The monoisotopic (exact) mass is 399 g/mol. The van der Waals surface area contributed by atoms with Crippen LogP contribution < -0.4 is 25.4 Å². The van der Waals surface area contributed by atoms with E-state index in [0.29, 0.717) is 42.8 Å². The highest BCUT2D eigenvalue weighted by Gasteiger charge is 2.06. The molecule has 2 aromatic rings. The van der Waals surface area contributed by atoms with Crippen molar-refractivity contribution >= 4 is 17.7 Å². The molecule has 0 saturated carbocycles. The Morgan fingerprint density at radius 1 is 1.07 bits per heavy atom. The Hall–Kier alpha value is -3.29. The maximum Gasteiger partial charge on any atom is 0.227 e. The van der Waals surface area contributed by atoms with Crippen LogP contribution in [-0.4, -0.2) is 51.2 Å². The van der Waals surface area contributed by atoms with Gasteiger partial charge in [0.15, 0.2) is 17.5 Å². The van der Waals surface area contributed by atoms with Crippen molar-refractivity contribution in [3.63, 3.8) is 0 Å². The van der Waals surface area contributed by atoms with Gasteiger partial charge in [-0.25, -0.2) is 4.98 Å². The summed E-state index contributed by atoms with van der Waals surface area (Å²) in [5, 5.41) is 9.14. The zero-order valence-corrected chi connectivity index (χ0v) is 17.4. The Bertz CT molecular complexity index is 822. The molecule has 0 aliphatic heterocycles. The number of carbonyl (C=O) groups is 1. The molecule has 0 aliphatic rings. The van der Waals surface area contributed by atoms with Crippen LogP contribution in [0.2, 0.25) is 0 Å². The lowest BCUT2D eigenvalue weighted by Gasteiger charge is -2.13. The SMILES string of the molecule is CN=C(NCCC(=O)Nc1ccc(C)cn1)NCCc1ccc(OC)c(OC)c1. The van der Waals surface area contributed by atoms with Gasteiger partial charge in [0.1, 0.15) is 5.82 Å². The van der Waals surface area contributed by atoms with Crippen molar-refractivity contribution < 1.29 is 14.3 Å². The van der Waals surface area contributed by atoms with Crippen LogP contribution in [0.5, 0.6) is 11.5 Å². The van der Waals surface area contributed by atoms with Crippen molar-refractivity contribution in [2.45, 2.75) is 19.8 Å². The fourth-order valence-corrected chi connectivity index (χ4v) is 2.62. The molecule has 29 heavy (non-hydrogen) atoms. The molecule has 1 aromatic heterocycles. The van der Waals surface area contributed by atoms with E-state index >= 15 is 0 Å². The first-order chi connectivity index (χ1) is 14.0. The summed E-state index contributed by atoms with van der Waals surface area (Å²) in [7, 11) is 4.94. The highest BCUT2D eigenvalue weighted by Crippen LogP contribution is 2.27. The van der Waals surface area contributed by atoms with Gasteiger partial charge in [-0.3, -0.25) is 9.79 Å². The Morgan fingerprint density at radius 3 is 2.48 bits per heavy atom. The molecule has 2 rings (SSSR count). The summed E-state index contributed by atoms with van der Waals surface area (Å²) >= 11 is 0. The average molecular weight is 399 g/mol. The number of ether oxygens (including phenoxy) is 2. The van der Waals surface area contributed by atoms with Gasteiger partial charge in [-0.2, -0.15) is 0 Å². The van der Waals surface area contributed by atoms with Crippen LogP contribution >= 0.6 is 0 Å². The minimum atomic E-state index is -0.102. The van der Waals surface area contributed by atoms with Crippen molar-refractivity contribution in [2.75, 3.05) is 39.7 Å². The molecule has 3 N–H and O–H groups in total. The molecule has 0 unspecified atom stereocenters. The topological polar surface area (TPSA) is 96.9 Å². The van der Waals surface area contributed by atoms with Gasteiger partial charge in [0.05, 0.1) is 14.2 Å². The molecule has 156 valence electrons. The summed E-state index contributed by atoms with van der Waals surface area (Å²) in [5.74, 6) is 2.52. The number of pyridine rings is 1. The van der Waals surface area contributed by atoms with Gasteiger partial charge in [0, 0.05) is 32.8 Å². The van der Waals surface area contributed by atoms with Crippen LogP contribution in [0.4, 0.5) is 5.82 Å². The largest absolute Gasteiger partial charge is 0.493 e. The molecule has 1 aromatic carbocycles. The van der Waals surface area contributed by atoms with Crippen LogP contribution in [0.15, 0.2) is 41.5 Å². The van der Waals surface area contributed by atoms with Gasteiger partial charge in [0.2, 0.25) is 5.91 Å². The second-order valence-corrected chi connectivity index (χ2v) is 6.38. The van der Waals surface area contributed by atoms with Gasteiger partial charge >= 0.3 is 0 Å². The third-order valence-corrected chi connectivity index (χ3v) is 4.20. The third-order valence-electron chi connectivity index (χ3n) is 4.20. The van der Waals surface area contributed by atoms with Gasteiger partial charge in [-0.05, 0) is 42.7 Å². The van der Waals surface area contributed by atoms with Gasteiger partial charge < -0.3 is 25.4 Å². The predicted octanol–water partition coefficient (Wildman–Crippen LogP) is 2.14. The summed E-state index contributed by atoms with van der Waals surface area (Å²) in [5.41, 5.74) is 2.17. The number of hydrogen-bond donors (Lipinski definition) is 3. The highest BCUT2D eigenvalue weighted by molar-refractivity contribution is 5.90. The Labute approximate surface area is 171 Å². The van der Waals surface area contributed by atoms with Gasteiger partial charge in [0.25, 0.3) is 0 Å². The van der Waals surface area contributed by atoms with Gasteiger partial charge in [-0.1, -0.05) is 12.1 Å². The smallest absolute Gasteiger partial charge is 0.227 e. The number of aromatic nitrogens is 1. The first kappa shape index (κ1) is 22.0. The number of aryl methyl sites for hydroxylation is 1. The molecular formula is C21H29N5O3. The number of rotatable bonds is 9. The third kappa shape index (κ3) is 7.33. The van der Waals surface area contributed by atoms with E-state index < -0.39 is 0 Å². The van der Waals surface area contributed by atoms with Crippen LogP contribution in [0.25, 0.3) is 0 Å². The average Bonchev–Trinajstić information content (AvgIpc) is 2.74. The van der Waals surface area contributed by atoms with E-state index in [0.717, 1.165) is 17.5 Å². The number of hydrogen-bond acceptors (Lipinski definition) is 5. The van der Waals surface area contributed by atoms with Crippen molar-refractivity contribution in [3.05, 3.63) is 47.7 Å². The van der Waals surface area contributed by atoms with Crippen molar-refractivity contribution in [1.29, 1.82) is 0 Å². The van der Waals surface area contributed by atoms with Crippen LogP contribution in [0.3, 0.4) is 0 Å². The quantitative estimate of drug-likeness (QED) is 0.442. The Kier molecular flexibility index (Phi) is 8.75. The first-order valence-corrected chi connectivity index (χ1v) is 9.43. The lowest BCUT2D eigenvalue weighted by atomic mass is 10.1. The summed E-state index contributed by atoms with van der Waals surface area (Å²) < 4.78 is 10.6. The molecule has 0 spiro atoms. The number of aliphatic imine (C=N–C) groups is 1.